The second-order valence-corrected chi connectivity index (χ2v) is 15.0. The van der Waals surface area contributed by atoms with Crippen LogP contribution < -0.4 is 25.0 Å². The average Bonchev–Trinajstić information content (AvgIpc) is 3.66. The van der Waals surface area contributed by atoms with Gasteiger partial charge in [0.25, 0.3) is 0 Å². The number of methoxy groups -OCH3 is 1. The third-order valence-electron chi connectivity index (χ3n) is 9.78. The molecule has 48 heavy (non-hydrogen) atoms. The highest BCUT2D eigenvalue weighted by molar-refractivity contribution is 7.92. The third kappa shape index (κ3) is 6.53. The lowest BCUT2D eigenvalue weighted by molar-refractivity contribution is 0.0929. The molecule has 2 aromatic heterocycles. The Balaban J connectivity index is 1.10. The Morgan fingerprint density at radius 3 is 2.48 bits per heavy atom. The Hall–Kier alpha value is -3.98. The fourth-order valence-electron chi connectivity index (χ4n) is 7.43. The van der Waals surface area contributed by atoms with Crippen molar-refractivity contribution in [3.63, 3.8) is 0 Å². The quantitative estimate of drug-likeness (QED) is 0.209. The van der Waals surface area contributed by atoms with Crippen LogP contribution in [0.4, 0.5) is 34.5 Å². The maximum Gasteiger partial charge on any atom is 0.229 e. The maximum absolute atomic E-state index is 12.2. The van der Waals surface area contributed by atoms with Crippen LogP contribution in [-0.2, 0) is 16.4 Å². The van der Waals surface area contributed by atoms with Gasteiger partial charge in [0.15, 0.2) is 5.82 Å². The van der Waals surface area contributed by atoms with E-state index in [4.69, 9.17) is 16.3 Å². The van der Waals surface area contributed by atoms with Gasteiger partial charge in [0.05, 0.1) is 42.1 Å². The zero-order valence-electron chi connectivity index (χ0n) is 27.6. The van der Waals surface area contributed by atoms with Crippen LogP contribution in [0.1, 0.15) is 31.7 Å². The number of rotatable bonds is 10. The van der Waals surface area contributed by atoms with Crippen molar-refractivity contribution in [3.8, 4) is 5.75 Å². The smallest absolute Gasteiger partial charge is 0.229 e. The zero-order valence-corrected chi connectivity index (χ0v) is 29.1. The normalized spacial score (nSPS) is 20.4. The van der Waals surface area contributed by atoms with Gasteiger partial charge in [0, 0.05) is 68.5 Å². The molecule has 0 saturated carbocycles. The molecule has 13 nitrogen and oxygen atoms in total. The number of piperidine rings is 1. The summed E-state index contributed by atoms with van der Waals surface area (Å²) < 4.78 is 32.9. The summed E-state index contributed by atoms with van der Waals surface area (Å²) in [6, 6.07) is 9.75. The van der Waals surface area contributed by atoms with Crippen LogP contribution >= 0.6 is 11.6 Å². The summed E-state index contributed by atoms with van der Waals surface area (Å²) in [7, 11) is 0.288. The molecule has 2 bridgehead atoms. The zero-order chi connectivity index (χ0) is 33.6. The monoisotopic (exact) mass is 692 g/mol. The minimum absolute atomic E-state index is 0.237. The largest absolute Gasteiger partial charge is 0.494 e. The first-order valence-electron chi connectivity index (χ1n) is 16.3. The van der Waals surface area contributed by atoms with Gasteiger partial charge < -0.3 is 25.2 Å². The number of aryl methyl sites for hydroxylation is 1. The predicted molar refractivity (Wildman–Crippen MR) is 191 cm³/mol. The summed E-state index contributed by atoms with van der Waals surface area (Å²) in [4.78, 5) is 25.5. The summed E-state index contributed by atoms with van der Waals surface area (Å²) in [5.74, 6) is 1.26. The van der Waals surface area contributed by atoms with Crippen LogP contribution in [-0.4, -0.2) is 103 Å². The van der Waals surface area contributed by atoms with Gasteiger partial charge in [0.2, 0.25) is 16.0 Å². The molecule has 3 aliphatic rings. The Bertz CT molecular complexity index is 1940. The number of likely N-dealkylation sites (N-methyl/N-ethyl adjacent to an activating group) is 1. The van der Waals surface area contributed by atoms with Gasteiger partial charge in [-0.3, -0.25) is 19.6 Å². The van der Waals surface area contributed by atoms with Gasteiger partial charge >= 0.3 is 0 Å². The number of aromatic nitrogens is 4. The van der Waals surface area contributed by atoms with E-state index in [2.05, 4.69) is 76.1 Å². The maximum atomic E-state index is 12.2. The van der Waals surface area contributed by atoms with Crippen LogP contribution in [0.2, 0.25) is 5.02 Å². The van der Waals surface area contributed by atoms with Gasteiger partial charge in [-0.15, -0.1) is 0 Å². The molecule has 0 amide bonds. The van der Waals surface area contributed by atoms with Crippen molar-refractivity contribution < 1.29 is 13.2 Å². The van der Waals surface area contributed by atoms with Crippen molar-refractivity contribution in [3.05, 3.63) is 53.4 Å². The standard InChI is InChI=1S/C33H41ClN10O3S/c1-5-20-14-27(29(47-3)16-28(20)43-12-8-21(9-13-43)44-19-22-15-23(44)18-42(22)2)39-33-37-17-24(34)32(40-33)38-26-7-6-25-30(36-11-10-35-25)31(26)41-48(4,45)46/h6-7,10-11,14,16-17,21-23,41H,5,8-9,12-13,15,18-19H2,1-4H3,(H2,37,38,39,40)/t22-,23-/m0/s1. The number of likely N-dealkylation sites (tertiary alicyclic amines) is 2. The molecule has 3 fully saturated rings. The highest BCUT2D eigenvalue weighted by Crippen LogP contribution is 2.39. The SMILES string of the molecule is CCc1cc(Nc2ncc(Cl)c(Nc3ccc4nccnc4c3NS(C)(=O)=O)n2)c(OC)cc1N1CCC(N2C[C@@H]3C[C@H]2CN3C)CC1. The summed E-state index contributed by atoms with van der Waals surface area (Å²) >= 11 is 6.53. The molecule has 15 heteroatoms. The topological polar surface area (TPSA) is 141 Å². The van der Waals surface area contributed by atoms with Crippen molar-refractivity contribution in [2.75, 3.05) is 66.8 Å². The van der Waals surface area contributed by atoms with E-state index in [9.17, 15) is 8.42 Å². The second-order valence-electron chi connectivity index (χ2n) is 12.9. The second kappa shape index (κ2) is 13.1. The number of hydrogen-bond acceptors (Lipinski definition) is 12. The van der Waals surface area contributed by atoms with E-state index in [1.165, 1.54) is 43.2 Å². The number of anilines is 6. The molecule has 5 heterocycles. The van der Waals surface area contributed by atoms with E-state index in [0.717, 1.165) is 50.3 Å². The summed E-state index contributed by atoms with van der Waals surface area (Å²) in [6.07, 6.45) is 10.1. The molecule has 0 radical (unpaired) electrons. The van der Waals surface area contributed by atoms with Gasteiger partial charge in [0.1, 0.15) is 16.3 Å². The molecule has 0 aliphatic carbocycles. The van der Waals surface area contributed by atoms with Gasteiger partial charge in [-0.05, 0) is 56.5 Å². The number of piperazine rings is 1. The fraction of sp³-hybridized carbons (Fsp3) is 0.455. The predicted octanol–water partition coefficient (Wildman–Crippen LogP) is 4.86. The number of nitrogens with zero attached hydrogens (tertiary/aromatic N) is 7. The van der Waals surface area contributed by atoms with E-state index < -0.39 is 10.0 Å². The highest BCUT2D eigenvalue weighted by atomic mass is 35.5. The first-order valence-corrected chi connectivity index (χ1v) is 18.6. The molecular formula is C33H41ClN10O3S. The van der Waals surface area contributed by atoms with Gasteiger partial charge in [-0.2, -0.15) is 4.98 Å². The molecule has 254 valence electrons. The van der Waals surface area contributed by atoms with Crippen molar-refractivity contribution >= 4 is 67.2 Å². The van der Waals surface area contributed by atoms with E-state index in [-0.39, 0.29) is 16.5 Å². The van der Waals surface area contributed by atoms with E-state index in [1.54, 1.807) is 25.4 Å². The first kappa shape index (κ1) is 32.6. The van der Waals surface area contributed by atoms with Crippen molar-refractivity contribution in [2.45, 2.75) is 50.7 Å². The number of hydrogen-bond donors (Lipinski definition) is 3. The van der Waals surface area contributed by atoms with Gasteiger partial charge in [-0.1, -0.05) is 18.5 Å². The lowest BCUT2D eigenvalue weighted by Crippen LogP contribution is -2.52. The minimum Gasteiger partial charge on any atom is -0.494 e. The van der Waals surface area contributed by atoms with E-state index in [1.807, 2.05) is 0 Å². The van der Waals surface area contributed by atoms with Crippen molar-refractivity contribution in [1.82, 2.24) is 29.7 Å². The van der Waals surface area contributed by atoms with Crippen molar-refractivity contribution in [1.29, 1.82) is 0 Å². The Kier molecular flexibility index (Phi) is 8.92. The van der Waals surface area contributed by atoms with Crippen LogP contribution in [0, 0.1) is 0 Å². The Morgan fingerprint density at radius 1 is 1.00 bits per heavy atom. The van der Waals surface area contributed by atoms with E-state index >= 15 is 0 Å². The lowest BCUT2D eigenvalue weighted by Gasteiger charge is -2.43. The van der Waals surface area contributed by atoms with Crippen molar-refractivity contribution in [2.24, 2.45) is 0 Å². The molecule has 7 rings (SSSR count). The summed E-state index contributed by atoms with van der Waals surface area (Å²) in [5.41, 5.74) is 4.70. The number of ether oxygens (including phenoxy) is 1. The molecule has 2 aromatic carbocycles. The number of fused-ring (bicyclic) bond motifs is 3. The Labute approximate surface area is 286 Å². The number of nitrogens with one attached hydrogen (secondary N) is 3. The number of benzene rings is 2. The Morgan fingerprint density at radius 2 is 1.79 bits per heavy atom. The molecule has 3 saturated heterocycles. The molecule has 2 atom stereocenters. The van der Waals surface area contributed by atoms with Crippen LogP contribution in [0.15, 0.2) is 42.9 Å². The molecule has 3 N–H and O–H groups in total. The van der Waals surface area contributed by atoms with Crippen LogP contribution in [0.25, 0.3) is 11.0 Å². The highest BCUT2D eigenvalue weighted by Gasteiger charge is 2.44. The fourth-order valence-corrected chi connectivity index (χ4v) is 8.15. The van der Waals surface area contributed by atoms with Gasteiger partial charge in [-0.25, -0.2) is 13.4 Å². The van der Waals surface area contributed by atoms with Crippen LogP contribution in [0.3, 0.4) is 0 Å². The third-order valence-corrected chi connectivity index (χ3v) is 10.6. The summed E-state index contributed by atoms with van der Waals surface area (Å²) in [6.45, 7) is 6.61. The van der Waals surface area contributed by atoms with Crippen LogP contribution in [0.5, 0.6) is 5.75 Å². The molecule has 0 unspecified atom stereocenters. The minimum atomic E-state index is -3.64. The number of sulfonamides is 1. The molecule has 3 aliphatic heterocycles. The molecular weight excluding hydrogens is 652 g/mol. The summed E-state index contributed by atoms with van der Waals surface area (Å²) in [5, 5.41) is 6.73. The lowest BCUT2D eigenvalue weighted by atomic mass is 9.99. The first-order chi connectivity index (χ1) is 23.1. The molecule has 0 spiro atoms. The average molecular weight is 693 g/mol. The molecule has 4 aromatic rings. The number of halogens is 1. The van der Waals surface area contributed by atoms with E-state index in [0.29, 0.717) is 40.5 Å².